The van der Waals surface area contributed by atoms with E-state index in [0.717, 1.165) is 28.9 Å². The molecule has 0 radical (unpaired) electrons. The van der Waals surface area contributed by atoms with Gasteiger partial charge in [-0.15, -0.1) is 0 Å². The monoisotopic (exact) mass is 346 g/mol. The Labute approximate surface area is 153 Å². The van der Waals surface area contributed by atoms with Crippen molar-refractivity contribution >= 4 is 23.4 Å². The zero-order valence-electron chi connectivity index (χ0n) is 15.3. The molecular weight excluding hydrogens is 324 g/mol. The van der Waals surface area contributed by atoms with Gasteiger partial charge in [-0.05, 0) is 43.5 Å². The molecule has 0 aromatic heterocycles. The van der Waals surface area contributed by atoms with Crippen LogP contribution in [0.1, 0.15) is 41.8 Å². The topological polar surface area (TPSA) is 41.9 Å². The van der Waals surface area contributed by atoms with Gasteiger partial charge in [0.05, 0.1) is 23.4 Å². The predicted molar refractivity (Wildman–Crippen MR) is 104 cm³/mol. The Morgan fingerprint density at radius 3 is 2.69 bits per heavy atom. The molecule has 0 spiro atoms. The molecule has 0 saturated carbocycles. The largest absolute Gasteiger partial charge is 0.491 e. The van der Waals surface area contributed by atoms with Crippen molar-refractivity contribution < 1.29 is 9.53 Å². The van der Waals surface area contributed by atoms with Crippen molar-refractivity contribution in [3.63, 3.8) is 0 Å². The number of fused-ring (bicyclic) bond motifs is 2. The van der Waals surface area contributed by atoms with Gasteiger partial charge in [0, 0.05) is 24.9 Å². The van der Waals surface area contributed by atoms with Crippen molar-refractivity contribution in [1.82, 2.24) is 4.90 Å². The number of amides is 1. The molecule has 2 heterocycles. The Bertz CT molecular complexity index is 913. The maximum atomic E-state index is 13.1. The molecule has 132 valence electrons. The van der Waals surface area contributed by atoms with Crippen LogP contribution in [0, 0.1) is 6.92 Å². The first-order valence-electron chi connectivity index (χ1n) is 8.97. The molecule has 4 rings (SSSR count). The van der Waals surface area contributed by atoms with E-state index in [0.29, 0.717) is 11.3 Å². The first-order valence-corrected chi connectivity index (χ1v) is 8.97. The third kappa shape index (κ3) is 2.92. The van der Waals surface area contributed by atoms with Crippen LogP contribution in [0.5, 0.6) is 5.75 Å². The number of aryl methyl sites for hydroxylation is 1. The van der Waals surface area contributed by atoms with E-state index in [1.165, 1.54) is 0 Å². The van der Waals surface area contributed by atoms with Crippen LogP contribution in [0.2, 0.25) is 0 Å². The average molecular weight is 346 g/mol. The molecule has 0 fully saturated rings. The summed E-state index contributed by atoms with van der Waals surface area (Å²) in [6.45, 7) is 5.95. The molecule has 2 aromatic rings. The molecule has 1 unspecified atom stereocenters. The molecule has 1 atom stereocenters. The van der Waals surface area contributed by atoms with Crippen LogP contribution >= 0.6 is 0 Å². The molecule has 0 saturated heterocycles. The van der Waals surface area contributed by atoms with Crippen molar-refractivity contribution in [1.29, 1.82) is 0 Å². The highest BCUT2D eigenvalue weighted by Gasteiger charge is 2.32. The van der Waals surface area contributed by atoms with Crippen molar-refractivity contribution in [2.45, 2.75) is 39.3 Å². The zero-order valence-corrected chi connectivity index (χ0v) is 15.3. The van der Waals surface area contributed by atoms with Gasteiger partial charge in [-0.2, -0.15) is 0 Å². The van der Waals surface area contributed by atoms with Crippen LogP contribution in [0.25, 0.3) is 5.57 Å². The molecule has 0 aliphatic carbocycles. The summed E-state index contributed by atoms with van der Waals surface area (Å²) in [5.41, 5.74) is 4.57. The van der Waals surface area contributed by atoms with Crippen LogP contribution < -0.4 is 4.74 Å². The van der Waals surface area contributed by atoms with Crippen molar-refractivity contribution in [2.75, 3.05) is 0 Å². The van der Waals surface area contributed by atoms with Crippen LogP contribution in [0.3, 0.4) is 0 Å². The first-order chi connectivity index (χ1) is 12.5. The fourth-order valence-corrected chi connectivity index (χ4v) is 3.46. The second-order valence-electron chi connectivity index (χ2n) is 7.08. The molecule has 4 nitrogen and oxygen atoms in total. The summed E-state index contributed by atoms with van der Waals surface area (Å²) in [5.74, 6) is 0.777. The van der Waals surface area contributed by atoms with Gasteiger partial charge in [-0.1, -0.05) is 30.3 Å². The molecular formula is C22H22N2O2. The Balaban J connectivity index is 1.71. The molecule has 4 heteroatoms. The maximum Gasteiger partial charge on any atom is 0.260 e. The SMILES string of the molecule is Cc1cc2c(cc1OC(C)C)N=CC1CC(c3ccccc3)=CN1C2=O. The quantitative estimate of drug-likeness (QED) is 0.804. The highest BCUT2D eigenvalue weighted by Crippen LogP contribution is 2.37. The molecule has 2 aliphatic heterocycles. The highest BCUT2D eigenvalue weighted by atomic mass is 16.5. The van der Waals surface area contributed by atoms with E-state index in [1.807, 2.05) is 63.5 Å². The first kappa shape index (κ1) is 16.6. The number of ether oxygens (including phenoxy) is 1. The summed E-state index contributed by atoms with van der Waals surface area (Å²) >= 11 is 0. The Hall–Kier alpha value is -2.88. The van der Waals surface area contributed by atoms with Crippen LogP contribution in [-0.4, -0.2) is 29.2 Å². The number of carbonyl (C=O) groups excluding carboxylic acids is 1. The number of nitrogens with zero attached hydrogens (tertiary/aromatic N) is 2. The number of carbonyl (C=O) groups is 1. The number of hydrogen-bond donors (Lipinski definition) is 0. The lowest BCUT2D eigenvalue weighted by atomic mass is 10.0. The summed E-state index contributed by atoms with van der Waals surface area (Å²) in [4.78, 5) is 19.6. The predicted octanol–water partition coefficient (Wildman–Crippen LogP) is 4.75. The van der Waals surface area contributed by atoms with Gasteiger partial charge in [0.1, 0.15) is 5.75 Å². The number of benzene rings is 2. The van der Waals surface area contributed by atoms with Gasteiger partial charge in [0.25, 0.3) is 5.91 Å². The van der Waals surface area contributed by atoms with E-state index in [4.69, 9.17) is 4.74 Å². The van der Waals surface area contributed by atoms with E-state index in [2.05, 4.69) is 17.1 Å². The van der Waals surface area contributed by atoms with Crippen LogP contribution in [-0.2, 0) is 0 Å². The van der Waals surface area contributed by atoms with Gasteiger partial charge < -0.3 is 9.64 Å². The zero-order chi connectivity index (χ0) is 18.3. The van der Waals surface area contributed by atoms with Crippen molar-refractivity contribution in [3.8, 4) is 5.75 Å². The highest BCUT2D eigenvalue weighted by molar-refractivity contribution is 6.05. The molecule has 0 bridgehead atoms. The van der Waals surface area contributed by atoms with Gasteiger partial charge >= 0.3 is 0 Å². The minimum Gasteiger partial charge on any atom is -0.491 e. The summed E-state index contributed by atoms with van der Waals surface area (Å²) in [5, 5.41) is 0. The molecule has 26 heavy (non-hydrogen) atoms. The van der Waals surface area contributed by atoms with Crippen LogP contribution in [0.15, 0.2) is 53.7 Å². The normalized spacial score (nSPS) is 18.5. The number of aliphatic imine (C=N–C) groups is 1. The summed E-state index contributed by atoms with van der Waals surface area (Å²) in [6, 6.07) is 13.9. The fourth-order valence-electron chi connectivity index (χ4n) is 3.46. The minimum atomic E-state index is -0.0418. The standard InChI is InChI=1S/C22H22N2O2/c1-14(2)26-21-11-20-19(9-15(21)3)22(25)24-13-17(10-18(24)12-23-20)16-7-5-4-6-8-16/h4-9,11-14,18H,10H2,1-3H3. The fraction of sp³-hybridized carbons (Fsp3) is 0.273. The Kier molecular flexibility index (Phi) is 4.11. The lowest BCUT2D eigenvalue weighted by Crippen LogP contribution is -2.32. The van der Waals surface area contributed by atoms with Gasteiger partial charge in [-0.25, -0.2) is 0 Å². The third-order valence-corrected chi connectivity index (χ3v) is 4.73. The van der Waals surface area contributed by atoms with Crippen molar-refractivity contribution in [2.24, 2.45) is 4.99 Å². The third-order valence-electron chi connectivity index (χ3n) is 4.73. The van der Waals surface area contributed by atoms with E-state index in [9.17, 15) is 4.79 Å². The van der Waals surface area contributed by atoms with E-state index in [-0.39, 0.29) is 18.1 Å². The Morgan fingerprint density at radius 2 is 1.96 bits per heavy atom. The molecule has 1 amide bonds. The molecule has 2 aromatic carbocycles. The van der Waals surface area contributed by atoms with Gasteiger partial charge in [0.2, 0.25) is 0 Å². The second kappa shape index (κ2) is 6.45. The number of rotatable bonds is 3. The Morgan fingerprint density at radius 1 is 1.19 bits per heavy atom. The lowest BCUT2D eigenvalue weighted by molar-refractivity contribution is 0.0817. The lowest BCUT2D eigenvalue weighted by Gasteiger charge is -2.19. The maximum absolute atomic E-state index is 13.1. The summed E-state index contributed by atoms with van der Waals surface area (Å²) < 4.78 is 5.85. The van der Waals surface area contributed by atoms with Crippen LogP contribution in [0.4, 0.5) is 5.69 Å². The van der Waals surface area contributed by atoms with Crippen molar-refractivity contribution in [3.05, 3.63) is 65.4 Å². The van der Waals surface area contributed by atoms with E-state index >= 15 is 0 Å². The van der Waals surface area contributed by atoms with Gasteiger partial charge in [-0.3, -0.25) is 9.79 Å². The van der Waals surface area contributed by atoms with E-state index < -0.39 is 0 Å². The molecule has 2 aliphatic rings. The smallest absolute Gasteiger partial charge is 0.260 e. The minimum absolute atomic E-state index is 0.00683. The number of hydrogen-bond acceptors (Lipinski definition) is 3. The second-order valence-corrected chi connectivity index (χ2v) is 7.08. The van der Waals surface area contributed by atoms with Gasteiger partial charge in [0.15, 0.2) is 0 Å². The molecule has 0 N–H and O–H groups in total. The summed E-state index contributed by atoms with van der Waals surface area (Å²) in [6.07, 6.45) is 4.71. The summed E-state index contributed by atoms with van der Waals surface area (Å²) in [7, 11) is 0. The van der Waals surface area contributed by atoms with E-state index in [1.54, 1.807) is 4.90 Å². The average Bonchev–Trinajstić information content (AvgIpc) is 3.01.